The molecule has 3 aromatic heterocycles. The molecule has 0 amide bonds. The maximum absolute atomic E-state index is 11.4. The van der Waals surface area contributed by atoms with Crippen LogP contribution in [0.25, 0.3) is 5.78 Å². The number of nitrogens with zero attached hydrogens (tertiary/aromatic N) is 7. The summed E-state index contributed by atoms with van der Waals surface area (Å²) in [6.07, 6.45) is 3.48. The monoisotopic (exact) mass is 377 g/mol. The molecule has 1 aliphatic rings. The zero-order valence-corrected chi connectivity index (χ0v) is 15.0. The Kier molecular flexibility index (Phi) is 4.21. The van der Waals surface area contributed by atoms with E-state index in [9.17, 15) is 13.5 Å². The average Bonchev–Trinajstić information content (AvgIpc) is 3.15. The van der Waals surface area contributed by atoms with Gasteiger partial charge in [0.15, 0.2) is 5.82 Å². The van der Waals surface area contributed by atoms with Crippen molar-refractivity contribution in [2.24, 2.45) is 0 Å². The zero-order chi connectivity index (χ0) is 18.3. The van der Waals surface area contributed by atoms with Gasteiger partial charge in [0.25, 0.3) is 5.78 Å². The summed E-state index contributed by atoms with van der Waals surface area (Å²) in [5, 5.41) is 18.8. The van der Waals surface area contributed by atoms with Crippen LogP contribution in [0.3, 0.4) is 0 Å². The van der Waals surface area contributed by atoms with E-state index in [0.29, 0.717) is 36.9 Å². The molecule has 1 aliphatic heterocycles. The lowest BCUT2D eigenvalue weighted by molar-refractivity contribution is 0.190. The molecule has 0 aromatic carbocycles. The first-order chi connectivity index (χ1) is 12.4. The first kappa shape index (κ1) is 17.1. The molecule has 10 nitrogen and oxygen atoms in total. The van der Waals surface area contributed by atoms with Crippen LogP contribution in [-0.2, 0) is 29.5 Å². The van der Waals surface area contributed by atoms with E-state index in [1.54, 1.807) is 29.0 Å². The molecular weight excluding hydrogens is 358 g/mol. The normalized spacial score (nSPS) is 16.7. The lowest BCUT2D eigenvalue weighted by Gasteiger charge is -2.26. The van der Waals surface area contributed by atoms with Crippen molar-refractivity contribution in [1.29, 1.82) is 0 Å². The number of hydrogen-bond donors (Lipinski definition) is 1. The van der Waals surface area contributed by atoms with Crippen molar-refractivity contribution in [3.8, 4) is 0 Å². The van der Waals surface area contributed by atoms with Gasteiger partial charge in [0.05, 0.1) is 30.2 Å². The van der Waals surface area contributed by atoms with Gasteiger partial charge in [-0.2, -0.15) is 10.1 Å². The Morgan fingerprint density at radius 1 is 1.31 bits per heavy atom. The Morgan fingerprint density at radius 3 is 2.92 bits per heavy atom. The van der Waals surface area contributed by atoms with Crippen LogP contribution in [0.2, 0.25) is 0 Å². The summed E-state index contributed by atoms with van der Waals surface area (Å²) in [4.78, 5) is 10.7. The van der Waals surface area contributed by atoms with Crippen molar-refractivity contribution in [1.82, 2.24) is 34.3 Å². The largest absolute Gasteiger partial charge is 0.386 e. The Bertz CT molecular complexity index is 1010. The van der Waals surface area contributed by atoms with Gasteiger partial charge >= 0.3 is 0 Å². The second-order valence-corrected chi connectivity index (χ2v) is 8.68. The number of sulfone groups is 1. The predicted molar refractivity (Wildman–Crippen MR) is 91.8 cm³/mol. The lowest BCUT2D eigenvalue weighted by Crippen LogP contribution is -2.33. The van der Waals surface area contributed by atoms with Gasteiger partial charge in [0.2, 0.25) is 0 Å². The molecule has 1 unspecified atom stereocenters. The highest BCUT2D eigenvalue weighted by Gasteiger charge is 2.23. The molecule has 3 aromatic rings. The van der Waals surface area contributed by atoms with E-state index in [1.807, 2.05) is 4.68 Å². The molecule has 138 valence electrons. The summed E-state index contributed by atoms with van der Waals surface area (Å²) in [6.45, 7) is 2.63. The van der Waals surface area contributed by atoms with Gasteiger partial charge in [-0.05, 0) is 12.1 Å². The number of aliphatic hydroxyl groups excluding tert-OH is 1. The Morgan fingerprint density at radius 2 is 2.15 bits per heavy atom. The van der Waals surface area contributed by atoms with Gasteiger partial charge in [-0.25, -0.2) is 17.9 Å². The molecule has 0 aliphatic carbocycles. The minimum atomic E-state index is -3.27. The first-order valence-electron chi connectivity index (χ1n) is 8.18. The standard InChI is InChI=1S/C15H19N7O3S/c1-26(24,25)10-13(23)12-7-11-8-20(5-6-21(11)18-12)9-14-17-15-16-3-2-4-22(15)19-14/h2-4,7,13,23H,5-6,8-10H2,1H3. The van der Waals surface area contributed by atoms with E-state index in [-0.39, 0.29) is 5.75 Å². The molecule has 0 saturated carbocycles. The van der Waals surface area contributed by atoms with E-state index in [1.165, 1.54) is 0 Å². The summed E-state index contributed by atoms with van der Waals surface area (Å²) < 4.78 is 26.2. The van der Waals surface area contributed by atoms with Crippen molar-refractivity contribution in [2.75, 3.05) is 18.6 Å². The topological polar surface area (TPSA) is 119 Å². The molecule has 0 saturated heterocycles. The zero-order valence-electron chi connectivity index (χ0n) is 14.2. The summed E-state index contributed by atoms with van der Waals surface area (Å²) in [5.74, 6) is 0.926. The first-order valence-corrected chi connectivity index (χ1v) is 10.2. The molecule has 4 rings (SSSR count). The molecule has 1 N–H and O–H groups in total. The van der Waals surface area contributed by atoms with Crippen LogP contribution in [0.15, 0.2) is 24.5 Å². The van der Waals surface area contributed by atoms with Crippen molar-refractivity contribution in [3.63, 3.8) is 0 Å². The van der Waals surface area contributed by atoms with E-state index in [0.717, 1.165) is 18.5 Å². The predicted octanol–water partition coefficient (Wildman–Crippen LogP) is -0.585. The fourth-order valence-corrected chi connectivity index (χ4v) is 3.80. The average molecular weight is 377 g/mol. The van der Waals surface area contributed by atoms with Crippen LogP contribution in [0.4, 0.5) is 0 Å². The van der Waals surface area contributed by atoms with Gasteiger partial charge < -0.3 is 5.11 Å². The summed E-state index contributed by atoms with van der Waals surface area (Å²) >= 11 is 0. The summed E-state index contributed by atoms with van der Waals surface area (Å²) in [6, 6.07) is 3.56. The third-order valence-electron chi connectivity index (χ3n) is 4.22. The molecule has 0 radical (unpaired) electrons. The quantitative estimate of drug-likeness (QED) is 0.627. The SMILES string of the molecule is CS(=O)(=O)CC(O)c1cc2n(n1)CCN(Cc1nc3ncccn3n1)C2. The second-order valence-electron chi connectivity index (χ2n) is 6.49. The fourth-order valence-electron chi connectivity index (χ4n) is 3.06. The van der Waals surface area contributed by atoms with Crippen molar-refractivity contribution < 1.29 is 13.5 Å². The van der Waals surface area contributed by atoms with Crippen molar-refractivity contribution in [3.05, 3.63) is 41.7 Å². The fraction of sp³-hybridized carbons (Fsp3) is 0.467. The third kappa shape index (κ3) is 3.59. The third-order valence-corrected chi connectivity index (χ3v) is 5.14. The van der Waals surface area contributed by atoms with Gasteiger partial charge in [0.1, 0.15) is 15.9 Å². The van der Waals surface area contributed by atoms with E-state index in [4.69, 9.17) is 0 Å². The molecule has 4 heterocycles. The number of fused-ring (bicyclic) bond motifs is 2. The minimum Gasteiger partial charge on any atom is -0.386 e. The van der Waals surface area contributed by atoms with E-state index in [2.05, 4.69) is 25.1 Å². The maximum atomic E-state index is 11.4. The molecule has 0 bridgehead atoms. The van der Waals surface area contributed by atoms with Crippen LogP contribution >= 0.6 is 0 Å². The lowest BCUT2D eigenvalue weighted by atomic mass is 10.2. The highest BCUT2D eigenvalue weighted by Crippen LogP contribution is 2.20. The second kappa shape index (κ2) is 6.41. The molecule has 26 heavy (non-hydrogen) atoms. The van der Waals surface area contributed by atoms with Gasteiger partial charge in [-0.15, -0.1) is 5.10 Å². The maximum Gasteiger partial charge on any atom is 0.252 e. The Labute approximate surface area is 150 Å². The van der Waals surface area contributed by atoms with Crippen LogP contribution < -0.4 is 0 Å². The van der Waals surface area contributed by atoms with E-state index >= 15 is 0 Å². The Hall–Kier alpha value is -2.37. The van der Waals surface area contributed by atoms with Crippen LogP contribution in [-0.4, -0.2) is 66.3 Å². The van der Waals surface area contributed by atoms with Crippen molar-refractivity contribution in [2.45, 2.75) is 25.7 Å². The van der Waals surface area contributed by atoms with Gasteiger partial charge in [-0.1, -0.05) is 0 Å². The van der Waals surface area contributed by atoms with Gasteiger partial charge in [-0.3, -0.25) is 9.58 Å². The number of aromatic nitrogens is 6. The van der Waals surface area contributed by atoms with Gasteiger partial charge in [0, 0.05) is 31.7 Å². The summed E-state index contributed by atoms with van der Waals surface area (Å²) in [5.41, 5.74) is 1.32. The van der Waals surface area contributed by atoms with Crippen molar-refractivity contribution >= 4 is 15.6 Å². The molecular formula is C15H19N7O3S. The number of hydrogen-bond acceptors (Lipinski definition) is 8. The smallest absolute Gasteiger partial charge is 0.252 e. The number of aliphatic hydroxyl groups is 1. The minimum absolute atomic E-state index is 0.328. The van der Waals surface area contributed by atoms with Crippen LogP contribution in [0, 0.1) is 0 Å². The molecule has 0 fully saturated rings. The highest BCUT2D eigenvalue weighted by molar-refractivity contribution is 7.90. The van der Waals surface area contributed by atoms with Crippen LogP contribution in [0.5, 0.6) is 0 Å². The summed E-state index contributed by atoms with van der Waals surface area (Å²) in [7, 11) is -3.27. The van der Waals surface area contributed by atoms with E-state index < -0.39 is 15.9 Å². The molecule has 1 atom stereocenters. The molecule has 11 heteroatoms. The highest BCUT2D eigenvalue weighted by atomic mass is 32.2. The Balaban J connectivity index is 1.47. The number of rotatable bonds is 5. The molecule has 0 spiro atoms. The van der Waals surface area contributed by atoms with Crippen LogP contribution in [0.1, 0.15) is 23.3 Å².